The number of rotatable bonds is 4. The van der Waals surface area contributed by atoms with Crippen molar-refractivity contribution in [3.63, 3.8) is 0 Å². The first-order valence-corrected chi connectivity index (χ1v) is 5.80. The van der Waals surface area contributed by atoms with Crippen LogP contribution in [0.15, 0.2) is 0 Å². The van der Waals surface area contributed by atoms with Crippen molar-refractivity contribution >= 4 is 5.91 Å². The van der Waals surface area contributed by atoms with Crippen molar-refractivity contribution in [1.29, 1.82) is 0 Å². The number of piperidine rings is 1. The molecular formula is C11H22N2O2. The molecule has 4 nitrogen and oxygen atoms in total. The SMILES string of the molecule is CCOCC(=O)N1CCC(N)C(CC)C1. The Kier molecular flexibility index (Phi) is 5.05. The minimum absolute atomic E-state index is 0.0993. The molecule has 2 N–H and O–H groups in total. The predicted molar refractivity (Wildman–Crippen MR) is 59.4 cm³/mol. The van der Waals surface area contributed by atoms with Crippen LogP contribution in [-0.4, -0.2) is 43.2 Å². The number of carbonyl (C=O) groups is 1. The lowest BCUT2D eigenvalue weighted by Gasteiger charge is -2.36. The van der Waals surface area contributed by atoms with Crippen LogP contribution in [0.2, 0.25) is 0 Å². The molecule has 0 saturated carbocycles. The van der Waals surface area contributed by atoms with Crippen molar-refractivity contribution in [2.45, 2.75) is 32.7 Å². The molecule has 0 aliphatic carbocycles. The summed E-state index contributed by atoms with van der Waals surface area (Å²) in [6, 6.07) is 0.256. The highest BCUT2D eigenvalue weighted by atomic mass is 16.5. The molecule has 0 aromatic rings. The largest absolute Gasteiger partial charge is 0.372 e. The lowest BCUT2D eigenvalue weighted by Crippen LogP contribution is -2.49. The maximum Gasteiger partial charge on any atom is 0.248 e. The highest BCUT2D eigenvalue weighted by Gasteiger charge is 2.27. The summed E-state index contributed by atoms with van der Waals surface area (Å²) in [6.07, 6.45) is 1.95. The Balaban J connectivity index is 2.40. The molecule has 1 aliphatic heterocycles. The van der Waals surface area contributed by atoms with Crippen molar-refractivity contribution in [2.24, 2.45) is 11.7 Å². The number of nitrogens with zero attached hydrogens (tertiary/aromatic N) is 1. The maximum absolute atomic E-state index is 11.7. The van der Waals surface area contributed by atoms with E-state index in [0.717, 1.165) is 25.9 Å². The van der Waals surface area contributed by atoms with Gasteiger partial charge in [0.1, 0.15) is 6.61 Å². The van der Waals surface area contributed by atoms with Crippen LogP contribution in [0.1, 0.15) is 26.7 Å². The summed E-state index contributed by atoms with van der Waals surface area (Å²) < 4.78 is 5.12. The van der Waals surface area contributed by atoms with E-state index in [-0.39, 0.29) is 18.6 Å². The highest BCUT2D eigenvalue weighted by Crippen LogP contribution is 2.18. The van der Waals surface area contributed by atoms with Crippen LogP contribution in [0, 0.1) is 5.92 Å². The summed E-state index contributed by atoms with van der Waals surface area (Å²) in [7, 11) is 0. The molecule has 0 spiro atoms. The van der Waals surface area contributed by atoms with Crippen molar-refractivity contribution < 1.29 is 9.53 Å². The van der Waals surface area contributed by atoms with Gasteiger partial charge in [-0.15, -0.1) is 0 Å². The van der Waals surface area contributed by atoms with Gasteiger partial charge in [0, 0.05) is 25.7 Å². The van der Waals surface area contributed by atoms with Gasteiger partial charge in [0.2, 0.25) is 5.91 Å². The molecule has 0 aromatic heterocycles. The standard InChI is InChI=1S/C11H22N2O2/c1-3-9-7-13(6-5-10(9)12)11(14)8-15-4-2/h9-10H,3-8,12H2,1-2H3. The average Bonchev–Trinajstić information content (AvgIpc) is 2.26. The molecule has 0 radical (unpaired) electrons. The predicted octanol–water partition coefficient (Wildman–Crippen LogP) is 0.609. The molecule has 1 saturated heterocycles. The second-order valence-corrected chi connectivity index (χ2v) is 4.10. The van der Waals surface area contributed by atoms with Crippen LogP contribution in [0.5, 0.6) is 0 Å². The van der Waals surface area contributed by atoms with Crippen LogP contribution >= 0.6 is 0 Å². The van der Waals surface area contributed by atoms with Crippen LogP contribution in [-0.2, 0) is 9.53 Å². The molecule has 0 aromatic carbocycles. The molecule has 15 heavy (non-hydrogen) atoms. The lowest BCUT2D eigenvalue weighted by molar-refractivity contribution is -0.138. The Morgan fingerprint density at radius 2 is 2.27 bits per heavy atom. The van der Waals surface area contributed by atoms with E-state index in [4.69, 9.17) is 10.5 Å². The Labute approximate surface area is 91.8 Å². The monoisotopic (exact) mass is 214 g/mol. The smallest absolute Gasteiger partial charge is 0.248 e. The van der Waals surface area contributed by atoms with E-state index in [0.29, 0.717) is 12.5 Å². The molecule has 88 valence electrons. The fourth-order valence-electron chi connectivity index (χ4n) is 1.99. The third-order valence-electron chi connectivity index (χ3n) is 3.10. The van der Waals surface area contributed by atoms with Gasteiger partial charge in [-0.3, -0.25) is 4.79 Å². The number of carbonyl (C=O) groups excluding carboxylic acids is 1. The van der Waals surface area contributed by atoms with E-state index in [1.807, 2.05) is 11.8 Å². The Morgan fingerprint density at radius 1 is 1.53 bits per heavy atom. The first-order valence-electron chi connectivity index (χ1n) is 5.80. The molecule has 1 fully saturated rings. The summed E-state index contributed by atoms with van der Waals surface area (Å²) in [5, 5.41) is 0. The van der Waals surface area contributed by atoms with Gasteiger partial charge in [-0.25, -0.2) is 0 Å². The average molecular weight is 214 g/mol. The van der Waals surface area contributed by atoms with Gasteiger partial charge in [0.05, 0.1) is 0 Å². The quantitative estimate of drug-likeness (QED) is 0.746. The van der Waals surface area contributed by atoms with Gasteiger partial charge >= 0.3 is 0 Å². The maximum atomic E-state index is 11.7. The number of likely N-dealkylation sites (tertiary alicyclic amines) is 1. The zero-order valence-electron chi connectivity index (χ0n) is 9.74. The van der Waals surface area contributed by atoms with Gasteiger partial charge in [0.25, 0.3) is 0 Å². The van der Waals surface area contributed by atoms with E-state index in [1.165, 1.54) is 0 Å². The first-order chi connectivity index (χ1) is 7.19. The Hall–Kier alpha value is -0.610. The topological polar surface area (TPSA) is 55.6 Å². The van der Waals surface area contributed by atoms with Crippen LogP contribution in [0.3, 0.4) is 0 Å². The molecular weight excluding hydrogens is 192 g/mol. The van der Waals surface area contributed by atoms with Crippen molar-refractivity contribution in [1.82, 2.24) is 4.90 Å². The van der Waals surface area contributed by atoms with E-state index >= 15 is 0 Å². The molecule has 2 atom stereocenters. The number of nitrogens with two attached hydrogens (primary N) is 1. The van der Waals surface area contributed by atoms with E-state index in [2.05, 4.69) is 6.92 Å². The number of hydrogen-bond acceptors (Lipinski definition) is 3. The highest BCUT2D eigenvalue weighted by molar-refractivity contribution is 5.77. The van der Waals surface area contributed by atoms with Crippen LogP contribution in [0.25, 0.3) is 0 Å². The summed E-state index contributed by atoms with van der Waals surface area (Å²) in [6.45, 7) is 6.40. The summed E-state index contributed by atoms with van der Waals surface area (Å²) in [5.74, 6) is 0.548. The van der Waals surface area contributed by atoms with E-state index in [9.17, 15) is 4.79 Å². The van der Waals surface area contributed by atoms with Gasteiger partial charge < -0.3 is 15.4 Å². The van der Waals surface area contributed by atoms with Crippen LogP contribution in [0.4, 0.5) is 0 Å². The van der Waals surface area contributed by atoms with E-state index < -0.39 is 0 Å². The third kappa shape index (κ3) is 3.47. The fraction of sp³-hybridized carbons (Fsp3) is 0.909. The fourth-order valence-corrected chi connectivity index (χ4v) is 1.99. The zero-order chi connectivity index (χ0) is 11.3. The van der Waals surface area contributed by atoms with Crippen molar-refractivity contribution in [3.8, 4) is 0 Å². The first kappa shape index (κ1) is 12.5. The Morgan fingerprint density at radius 3 is 2.87 bits per heavy atom. The normalized spacial score (nSPS) is 26.7. The minimum atomic E-state index is 0.0993. The second kappa shape index (κ2) is 6.08. The number of ether oxygens (including phenoxy) is 1. The Bertz CT molecular complexity index is 209. The van der Waals surface area contributed by atoms with Gasteiger partial charge in [0.15, 0.2) is 0 Å². The molecule has 1 amide bonds. The van der Waals surface area contributed by atoms with Crippen LogP contribution < -0.4 is 5.73 Å². The molecule has 4 heteroatoms. The molecule has 1 aliphatic rings. The second-order valence-electron chi connectivity index (χ2n) is 4.10. The lowest BCUT2D eigenvalue weighted by atomic mass is 9.91. The summed E-state index contributed by atoms with van der Waals surface area (Å²) in [5.41, 5.74) is 5.98. The van der Waals surface area contributed by atoms with Gasteiger partial charge in [-0.1, -0.05) is 13.3 Å². The molecule has 1 rings (SSSR count). The summed E-state index contributed by atoms with van der Waals surface area (Å²) >= 11 is 0. The van der Waals surface area contributed by atoms with Gasteiger partial charge in [-0.2, -0.15) is 0 Å². The van der Waals surface area contributed by atoms with Crippen molar-refractivity contribution in [2.75, 3.05) is 26.3 Å². The third-order valence-corrected chi connectivity index (χ3v) is 3.10. The number of amides is 1. The molecule has 1 heterocycles. The van der Waals surface area contributed by atoms with E-state index in [1.54, 1.807) is 0 Å². The van der Waals surface area contributed by atoms with Gasteiger partial charge in [-0.05, 0) is 19.3 Å². The minimum Gasteiger partial charge on any atom is -0.372 e. The molecule has 2 unspecified atom stereocenters. The zero-order valence-corrected chi connectivity index (χ0v) is 9.74. The molecule has 0 bridgehead atoms. The number of hydrogen-bond donors (Lipinski definition) is 1. The summed E-state index contributed by atoms with van der Waals surface area (Å²) in [4.78, 5) is 13.6. The van der Waals surface area contributed by atoms with Crippen molar-refractivity contribution in [3.05, 3.63) is 0 Å².